The van der Waals surface area contributed by atoms with E-state index in [2.05, 4.69) is 34.9 Å². The van der Waals surface area contributed by atoms with Gasteiger partial charge in [0.15, 0.2) is 5.11 Å². The number of aryl methyl sites for hydroxylation is 1. The average Bonchev–Trinajstić information content (AvgIpc) is 2.63. The lowest BCUT2D eigenvalue weighted by molar-refractivity contribution is 0.0526. The SMILES string of the molecule is CCOC(=O)c1ccc(NC(=S)N[C@H]2CCCc3ccccc32)cc1. The third kappa shape index (κ3) is 4.37. The molecular weight excluding hydrogens is 332 g/mol. The zero-order valence-corrected chi connectivity index (χ0v) is 15.1. The lowest BCUT2D eigenvalue weighted by Gasteiger charge is -2.27. The molecule has 130 valence electrons. The van der Waals surface area contributed by atoms with Gasteiger partial charge in [-0.2, -0.15) is 0 Å². The zero-order valence-electron chi connectivity index (χ0n) is 14.2. The molecule has 4 nitrogen and oxygen atoms in total. The molecule has 0 amide bonds. The van der Waals surface area contributed by atoms with Gasteiger partial charge in [-0.3, -0.25) is 0 Å². The second-order valence-electron chi connectivity index (χ2n) is 6.04. The van der Waals surface area contributed by atoms with Crippen molar-refractivity contribution in [2.45, 2.75) is 32.2 Å². The number of fused-ring (bicyclic) bond motifs is 1. The number of thiocarbonyl (C=S) groups is 1. The summed E-state index contributed by atoms with van der Waals surface area (Å²) in [5, 5.41) is 7.18. The summed E-state index contributed by atoms with van der Waals surface area (Å²) in [5.74, 6) is -0.312. The minimum atomic E-state index is -0.312. The van der Waals surface area contributed by atoms with Crippen molar-refractivity contribution in [3.63, 3.8) is 0 Å². The maximum absolute atomic E-state index is 11.7. The second-order valence-corrected chi connectivity index (χ2v) is 6.45. The van der Waals surface area contributed by atoms with Crippen molar-refractivity contribution in [2.75, 3.05) is 11.9 Å². The fourth-order valence-corrected chi connectivity index (χ4v) is 3.39. The van der Waals surface area contributed by atoms with Crippen molar-refractivity contribution in [3.8, 4) is 0 Å². The molecule has 1 atom stereocenters. The van der Waals surface area contributed by atoms with Crippen LogP contribution < -0.4 is 10.6 Å². The topological polar surface area (TPSA) is 50.4 Å². The highest BCUT2D eigenvalue weighted by molar-refractivity contribution is 7.80. The van der Waals surface area contributed by atoms with E-state index in [1.165, 1.54) is 11.1 Å². The van der Waals surface area contributed by atoms with Gasteiger partial charge in [0.25, 0.3) is 0 Å². The Morgan fingerprint density at radius 3 is 2.72 bits per heavy atom. The van der Waals surface area contributed by atoms with E-state index < -0.39 is 0 Å². The summed E-state index contributed by atoms with van der Waals surface area (Å²) in [7, 11) is 0. The van der Waals surface area contributed by atoms with Crippen LogP contribution in [0.15, 0.2) is 48.5 Å². The van der Waals surface area contributed by atoms with Crippen molar-refractivity contribution in [3.05, 3.63) is 65.2 Å². The minimum Gasteiger partial charge on any atom is -0.462 e. The van der Waals surface area contributed by atoms with Crippen LogP contribution in [0.3, 0.4) is 0 Å². The van der Waals surface area contributed by atoms with Crippen LogP contribution in [0.25, 0.3) is 0 Å². The van der Waals surface area contributed by atoms with Crippen LogP contribution in [0.2, 0.25) is 0 Å². The first-order valence-corrected chi connectivity index (χ1v) is 9.00. The Bertz CT molecular complexity index is 759. The van der Waals surface area contributed by atoms with Crippen LogP contribution in [0.4, 0.5) is 5.69 Å². The molecule has 5 heteroatoms. The maximum Gasteiger partial charge on any atom is 0.338 e. The van der Waals surface area contributed by atoms with Gasteiger partial charge >= 0.3 is 5.97 Å². The maximum atomic E-state index is 11.7. The molecule has 1 aliphatic rings. The third-order valence-electron chi connectivity index (χ3n) is 4.33. The lowest BCUT2D eigenvalue weighted by Crippen LogP contribution is -2.34. The highest BCUT2D eigenvalue weighted by atomic mass is 32.1. The van der Waals surface area contributed by atoms with Gasteiger partial charge < -0.3 is 15.4 Å². The quantitative estimate of drug-likeness (QED) is 0.636. The van der Waals surface area contributed by atoms with Crippen molar-refractivity contribution < 1.29 is 9.53 Å². The molecule has 25 heavy (non-hydrogen) atoms. The summed E-state index contributed by atoms with van der Waals surface area (Å²) >= 11 is 5.46. The number of benzene rings is 2. The van der Waals surface area contributed by atoms with E-state index in [0.717, 1.165) is 24.9 Å². The van der Waals surface area contributed by atoms with E-state index in [1.54, 1.807) is 19.1 Å². The molecule has 0 aliphatic heterocycles. The number of anilines is 1. The Morgan fingerprint density at radius 2 is 1.96 bits per heavy atom. The van der Waals surface area contributed by atoms with Crippen molar-refractivity contribution in [1.82, 2.24) is 5.32 Å². The zero-order chi connectivity index (χ0) is 17.6. The number of carbonyl (C=O) groups is 1. The molecule has 0 fully saturated rings. The van der Waals surface area contributed by atoms with E-state index in [4.69, 9.17) is 17.0 Å². The van der Waals surface area contributed by atoms with Crippen molar-refractivity contribution in [2.24, 2.45) is 0 Å². The summed E-state index contributed by atoms with van der Waals surface area (Å²) in [4.78, 5) is 11.7. The smallest absolute Gasteiger partial charge is 0.338 e. The van der Waals surface area contributed by atoms with E-state index in [1.807, 2.05) is 12.1 Å². The van der Waals surface area contributed by atoms with Gasteiger partial charge in [0.2, 0.25) is 0 Å². The van der Waals surface area contributed by atoms with Gasteiger partial charge in [0.05, 0.1) is 18.2 Å². The summed E-state index contributed by atoms with van der Waals surface area (Å²) in [6.45, 7) is 2.16. The first-order valence-electron chi connectivity index (χ1n) is 8.60. The van der Waals surface area contributed by atoms with Gasteiger partial charge in [0.1, 0.15) is 0 Å². The normalized spacial score (nSPS) is 15.8. The van der Waals surface area contributed by atoms with Crippen LogP contribution in [0.5, 0.6) is 0 Å². The Balaban J connectivity index is 1.61. The van der Waals surface area contributed by atoms with Gasteiger partial charge in [-0.05, 0) is 73.8 Å². The highest BCUT2D eigenvalue weighted by Crippen LogP contribution is 2.29. The standard InChI is InChI=1S/C20H22N2O2S/c1-2-24-19(23)15-10-12-16(13-11-15)21-20(25)22-18-9-5-7-14-6-3-4-8-17(14)18/h3-4,6,8,10-13,18H,2,5,7,9H2,1H3,(H2,21,22,25)/t18-/m0/s1. The number of nitrogens with one attached hydrogen (secondary N) is 2. The van der Waals surface area contributed by atoms with Gasteiger partial charge in [-0.25, -0.2) is 4.79 Å². The Morgan fingerprint density at radius 1 is 1.20 bits per heavy atom. The lowest BCUT2D eigenvalue weighted by atomic mass is 9.88. The van der Waals surface area contributed by atoms with Crippen LogP contribution in [-0.4, -0.2) is 17.7 Å². The van der Waals surface area contributed by atoms with E-state index in [0.29, 0.717) is 17.3 Å². The number of hydrogen-bond acceptors (Lipinski definition) is 3. The summed E-state index contributed by atoms with van der Waals surface area (Å²) in [6.07, 6.45) is 3.36. The van der Waals surface area contributed by atoms with Crippen LogP contribution in [-0.2, 0) is 11.2 Å². The molecule has 0 bridgehead atoms. The Kier molecular flexibility index (Phi) is 5.66. The third-order valence-corrected chi connectivity index (χ3v) is 4.55. The number of rotatable bonds is 4. The van der Waals surface area contributed by atoms with Gasteiger partial charge in [0, 0.05) is 5.69 Å². The fraction of sp³-hybridized carbons (Fsp3) is 0.300. The van der Waals surface area contributed by atoms with Crippen LogP contribution in [0.1, 0.15) is 47.3 Å². The second kappa shape index (κ2) is 8.12. The fourth-order valence-electron chi connectivity index (χ4n) is 3.13. The van der Waals surface area contributed by atoms with E-state index in [9.17, 15) is 4.79 Å². The number of esters is 1. The molecule has 0 aromatic heterocycles. The average molecular weight is 354 g/mol. The van der Waals surface area contributed by atoms with Crippen molar-refractivity contribution >= 4 is 29.0 Å². The number of hydrogen-bond donors (Lipinski definition) is 2. The number of ether oxygens (including phenoxy) is 1. The monoisotopic (exact) mass is 354 g/mol. The van der Waals surface area contributed by atoms with Crippen LogP contribution in [0, 0.1) is 0 Å². The molecule has 0 saturated carbocycles. The molecule has 3 rings (SSSR count). The van der Waals surface area contributed by atoms with Crippen LogP contribution >= 0.6 is 12.2 Å². The predicted octanol–water partition coefficient (Wildman–Crippen LogP) is 4.23. The summed E-state index contributed by atoms with van der Waals surface area (Å²) in [6, 6.07) is 15.9. The summed E-state index contributed by atoms with van der Waals surface area (Å²) in [5.41, 5.74) is 4.10. The molecule has 0 saturated heterocycles. The molecule has 2 aromatic carbocycles. The Labute approximate surface area is 153 Å². The first kappa shape index (κ1) is 17.4. The van der Waals surface area contributed by atoms with E-state index >= 15 is 0 Å². The molecule has 0 spiro atoms. The minimum absolute atomic E-state index is 0.240. The molecular formula is C20H22N2O2S. The Hall–Kier alpha value is -2.40. The molecule has 0 heterocycles. The van der Waals surface area contributed by atoms with Crippen molar-refractivity contribution in [1.29, 1.82) is 0 Å². The first-order chi connectivity index (χ1) is 12.2. The largest absolute Gasteiger partial charge is 0.462 e. The molecule has 0 radical (unpaired) electrons. The summed E-state index contributed by atoms with van der Waals surface area (Å²) < 4.78 is 4.99. The molecule has 0 unspecified atom stereocenters. The predicted molar refractivity (Wildman–Crippen MR) is 104 cm³/mol. The molecule has 1 aliphatic carbocycles. The van der Waals surface area contributed by atoms with Gasteiger partial charge in [-0.15, -0.1) is 0 Å². The highest BCUT2D eigenvalue weighted by Gasteiger charge is 2.20. The van der Waals surface area contributed by atoms with Gasteiger partial charge in [-0.1, -0.05) is 24.3 Å². The molecule has 2 aromatic rings. The van der Waals surface area contributed by atoms with E-state index in [-0.39, 0.29) is 12.0 Å². The molecule has 2 N–H and O–H groups in total. The number of carbonyl (C=O) groups excluding carboxylic acids is 1.